The van der Waals surface area contributed by atoms with Crippen LogP contribution in [0.5, 0.6) is 0 Å². The summed E-state index contributed by atoms with van der Waals surface area (Å²) >= 11 is 0. The van der Waals surface area contributed by atoms with Gasteiger partial charge in [-0.15, -0.1) is 0 Å². The minimum atomic E-state index is 0.798. The zero-order chi connectivity index (χ0) is 12.5. The molecule has 17 heavy (non-hydrogen) atoms. The van der Waals surface area contributed by atoms with Gasteiger partial charge in [-0.1, -0.05) is 52.9 Å². The van der Waals surface area contributed by atoms with Crippen LogP contribution >= 0.6 is 0 Å². The Hall–Kier alpha value is -0.0400. The van der Waals surface area contributed by atoms with E-state index in [9.17, 15) is 0 Å². The number of rotatable bonds is 11. The topological polar surface area (TPSA) is 12.0 Å². The Morgan fingerprint density at radius 2 is 1.82 bits per heavy atom. The van der Waals surface area contributed by atoms with Gasteiger partial charge in [0, 0.05) is 6.04 Å². The Labute approximate surface area is 109 Å². The standard InChI is InChI=1S/C16H33N/c1-4-7-8-15(6-3)16(17-13-5-2)12-11-14-9-10-14/h14-17H,4-13H2,1-3H3. The third-order valence-electron chi connectivity index (χ3n) is 4.26. The molecule has 0 aromatic heterocycles. The summed E-state index contributed by atoms with van der Waals surface area (Å²) in [5.41, 5.74) is 0. The lowest BCUT2D eigenvalue weighted by Gasteiger charge is -2.27. The van der Waals surface area contributed by atoms with Gasteiger partial charge < -0.3 is 5.32 Å². The van der Waals surface area contributed by atoms with E-state index in [1.807, 2.05) is 0 Å². The molecule has 1 fully saturated rings. The Bertz CT molecular complexity index is 174. The van der Waals surface area contributed by atoms with Crippen LogP contribution in [0.15, 0.2) is 0 Å². The summed E-state index contributed by atoms with van der Waals surface area (Å²) in [5.74, 6) is 2.00. The fraction of sp³-hybridized carbons (Fsp3) is 1.00. The average Bonchev–Trinajstić information content (AvgIpc) is 3.16. The third-order valence-corrected chi connectivity index (χ3v) is 4.26. The van der Waals surface area contributed by atoms with Crippen molar-refractivity contribution in [1.29, 1.82) is 0 Å². The van der Waals surface area contributed by atoms with Gasteiger partial charge in [-0.05, 0) is 44.1 Å². The second kappa shape index (κ2) is 8.97. The van der Waals surface area contributed by atoms with Crippen molar-refractivity contribution < 1.29 is 0 Å². The van der Waals surface area contributed by atoms with Crippen LogP contribution in [0.4, 0.5) is 0 Å². The van der Waals surface area contributed by atoms with Gasteiger partial charge in [0.2, 0.25) is 0 Å². The fourth-order valence-corrected chi connectivity index (χ4v) is 2.81. The van der Waals surface area contributed by atoms with Crippen LogP contribution in [0.25, 0.3) is 0 Å². The molecule has 2 unspecified atom stereocenters. The van der Waals surface area contributed by atoms with Crippen molar-refractivity contribution in [3.8, 4) is 0 Å². The quantitative estimate of drug-likeness (QED) is 0.548. The van der Waals surface area contributed by atoms with Crippen molar-refractivity contribution in [2.45, 2.75) is 84.6 Å². The smallest absolute Gasteiger partial charge is 0.00953 e. The molecule has 1 aliphatic carbocycles. The van der Waals surface area contributed by atoms with Crippen LogP contribution < -0.4 is 5.32 Å². The molecule has 1 heteroatoms. The molecule has 0 aromatic rings. The highest BCUT2D eigenvalue weighted by molar-refractivity contribution is 4.80. The van der Waals surface area contributed by atoms with E-state index in [0.717, 1.165) is 17.9 Å². The van der Waals surface area contributed by atoms with E-state index in [1.54, 1.807) is 0 Å². The zero-order valence-corrected chi connectivity index (χ0v) is 12.3. The summed E-state index contributed by atoms with van der Waals surface area (Å²) < 4.78 is 0. The van der Waals surface area contributed by atoms with E-state index in [0.29, 0.717) is 0 Å². The highest BCUT2D eigenvalue weighted by Gasteiger charge is 2.25. The monoisotopic (exact) mass is 239 g/mol. The van der Waals surface area contributed by atoms with Crippen molar-refractivity contribution in [2.24, 2.45) is 11.8 Å². The van der Waals surface area contributed by atoms with E-state index >= 15 is 0 Å². The minimum absolute atomic E-state index is 0.798. The van der Waals surface area contributed by atoms with Crippen molar-refractivity contribution in [3.63, 3.8) is 0 Å². The number of unbranched alkanes of at least 4 members (excludes halogenated alkanes) is 1. The van der Waals surface area contributed by atoms with Crippen molar-refractivity contribution in [3.05, 3.63) is 0 Å². The molecule has 0 spiro atoms. The molecule has 1 rings (SSSR count). The van der Waals surface area contributed by atoms with Gasteiger partial charge in [0.05, 0.1) is 0 Å². The average molecular weight is 239 g/mol. The van der Waals surface area contributed by atoms with Gasteiger partial charge in [-0.2, -0.15) is 0 Å². The molecular formula is C16H33N. The maximum Gasteiger partial charge on any atom is 0.00953 e. The lowest BCUT2D eigenvalue weighted by atomic mass is 9.88. The predicted molar refractivity (Wildman–Crippen MR) is 77.3 cm³/mol. The molecule has 1 aliphatic rings. The lowest BCUT2D eigenvalue weighted by molar-refractivity contribution is 0.295. The summed E-state index contributed by atoms with van der Waals surface area (Å²) in [4.78, 5) is 0. The highest BCUT2D eigenvalue weighted by Crippen LogP contribution is 2.35. The number of hydrogen-bond donors (Lipinski definition) is 1. The second-order valence-electron chi connectivity index (χ2n) is 5.89. The van der Waals surface area contributed by atoms with Crippen LogP contribution in [0.3, 0.4) is 0 Å². The lowest BCUT2D eigenvalue weighted by Crippen LogP contribution is -2.36. The summed E-state index contributed by atoms with van der Waals surface area (Å²) in [6.07, 6.45) is 12.7. The third kappa shape index (κ3) is 6.45. The molecule has 0 aromatic carbocycles. The van der Waals surface area contributed by atoms with E-state index in [1.165, 1.54) is 64.3 Å². The van der Waals surface area contributed by atoms with Crippen LogP contribution in [0, 0.1) is 11.8 Å². The molecule has 0 bridgehead atoms. The van der Waals surface area contributed by atoms with Crippen LogP contribution in [-0.4, -0.2) is 12.6 Å². The first-order valence-corrected chi connectivity index (χ1v) is 8.05. The van der Waals surface area contributed by atoms with Gasteiger partial charge in [0.1, 0.15) is 0 Å². The van der Waals surface area contributed by atoms with Gasteiger partial charge in [0.15, 0.2) is 0 Å². The van der Waals surface area contributed by atoms with Crippen LogP contribution in [-0.2, 0) is 0 Å². The van der Waals surface area contributed by atoms with Crippen molar-refractivity contribution >= 4 is 0 Å². The van der Waals surface area contributed by atoms with Gasteiger partial charge in [-0.25, -0.2) is 0 Å². The maximum absolute atomic E-state index is 3.81. The van der Waals surface area contributed by atoms with Crippen LogP contribution in [0.1, 0.15) is 78.6 Å². The highest BCUT2D eigenvalue weighted by atomic mass is 14.9. The summed E-state index contributed by atoms with van der Waals surface area (Å²) in [6, 6.07) is 0.798. The zero-order valence-electron chi connectivity index (χ0n) is 12.3. The summed E-state index contributed by atoms with van der Waals surface area (Å²) in [7, 11) is 0. The normalized spacial score (nSPS) is 19.2. The molecule has 0 saturated heterocycles. The van der Waals surface area contributed by atoms with Gasteiger partial charge in [-0.3, -0.25) is 0 Å². The van der Waals surface area contributed by atoms with E-state index < -0.39 is 0 Å². The Kier molecular flexibility index (Phi) is 7.92. The molecule has 0 heterocycles. The Morgan fingerprint density at radius 1 is 1.06 bits per heavy atom. The second-order valence-corrected chi connectivity index (χ2v) is 5.89. The Morgan fingerprint density at radius 3 is 2.35 bits per heavy atom. The SMILES string of the molecule is CCCCC(CC)C(CCC1CC1)NCCC. The molecule has 0 amide bonds. The van der Waals surface area contributed by atoms with E-state index in [2.05, 4.69) is 26.1 Å². The van der Waals surface area contributed by atoms with Crippen molar-refractivity contribution in [2.75, 3.05) is 6.54 Å². The molecule has 0 aliphatic heterocycles. The predicted octanol–water partition coefficient (Wildman–Crippen LogP) is 4.76. The van der Waals surface area contributed by atoms with Crippen molar-refractivity contribution in [1.82, 2.24) is 5.32 Å². The van der Waals surface area contributed by atoms with Crippen LogP contribution in [0.2, 0.25) is 0 Å². The first-order chi connectivity index (χ1) is 8.31. The molecule has 1 saturated carbocycles. The number of nitrogens with one attached hydrogen (secondary N) is 1. The maximum atomic E-state index is 3.81. The molecule has 0 radical (unpaired) electrons. The molecular weight excluding hydrogens is 206 g/mol. The van der Waals surface area contributed by atoms with E-state index in [4.69, 9.17) is 0 Å². The summed E-state index contributed by atoms with van der Waals surface area (Å²) in [6.45, 7) is 8.17. The largest absolute Gasteiger partial charge is 0.314 e. The fourth-order valence-electron chi connectivity index (χ4n) is 2.81. The first kappa shape index (κ1) is 15.0. The van der Waals surface area contributed by atoms with E-state index in [-0.39, 0.29) is 0 Å². The molecule has 1 N–H and O–H groups in total. The molecule has 102 valence electrons. The molecule has 1 nitrogen and oxygen atoms in total. The summed E-state index contributed by atoms with van der Waals surface area (Å²) in [5, 5.41) is 3.81. The molecule has 2 atom stereocenters. The minimum Gasteiger partial charge on any atom is -0.314 e. The van der Waals surface area contributed by atoms with Gasteiger partial charge >= 0.3 is 0 Å². The first-order valence-electron chi connectivity index (χ1n) is 8.05. The Balaban J connectivity index is 2.32. The van der Waals surface area contributed by atoms with Gasteiger partial charge in [0.25, 0.3) is 0 Å². The number of hydrogen-bond acceptors (Lipinski definition) is 1.